The molecule has 0 radical (unpaired) electrons. The highest BCUT2D eigenvalue weighted by Gasteiger charge is 2.20. The maximum absolute atomic E-state index is 5.43. The lowest BCUT2D eigenvalue weighted by atomic mass is 10.2. The van der Waals surface area contributed by atoms with Crippen LogP contribution in [0.2, 0.25) is 0 Å². The van der Waals surface area contributed by atoms with Gasteiger partial charge in [0.15, 0.2) is 5.16 Å². The summed E-state index contributed by atoms with van der Waals surface area (Å²) in [5.74, 6) is 2.80. The summed E-state index contributed by atoms with van der Waals surface area (Å²) in [4.78, 5) is 4.65. The second kappa shape index (κ2) is 4.14. The molecule has 0 amide bonds. The van der Waals surface area contributed by atoms with Crippen LogP contribution in [-0.4, -0.2) is 29.5 Å². The average molecular weight is 250 g/mol. The summed E-state index contributed by atoms with van der Waals surface area (Å²) in [6.07, 6.45) is 1.17. The van der Waals surface area contributed by atoms with Crippen LogP contribution in [0.15, 0.2) is 17.3 Å². The lowest BCUT2D eigenvalue weighted by Crippen LogP contribution is -2.07. The number of aryl methyl sites for hydroxylation is 1. The van der Waals surface area contributed by atoms with Crippen molar-refractivity contribution in [2.45, 2.75) is 18.1 Å². The molecule has 0 unspecified atom stereocenters. The zero-order valence-corrected chi connectivity index (χ0v) is 10.7. The van der Waals surface area contributed by atoms with Gasteiger partial charge in [-0.2, -0.15) is 0 Å². The summed E-state index contributed by atoms with van der Waals surface area (Å²) >= 11 is 1.79. The van der Waals surface area contributed by atoms with Crippen molar-refractivity contribution in [1.29, 1.82) is 0 Å². The minimum Gasteiger partial charge on any atom is -0.494 e. The van der Waals surface area contributed by atoms with Crippen molar-refractivity contribution in [3.05, 3.63) is 12.1 Å². The van der Waals surface area contributed by atoms with Crippen molar-refractivity contribution in [2.75, 3.05) is 20.0 Å². The maximum Gasteiger partial charge on any atom is 0.169 e. The topological polar surface area (TPSA) is 36.3 Å². The van der Waals surface area contributed by atoms with Gasteiger partial charge >= 0.3 is 0 Å². The number of nitrogens with zero attached hydrogens (tertiary/aromatic N) is 2. The highest BCUT2D eigenvalue weighted by Crippen LogP contribution is 2.37. The third-order valence-corrected chi connectivity index (χ3v) is 4.05. The third kappa shape index (κ3) is 1.57. The van der Waals surface area contributed by atoms with Gasteiger partial charge in [-0.05, 0) is 18.6 Å². The Morgan fingerprint density at radius 3 is 2.76 bits per heavy atom. The highest BCUT2D eigenvalue weighted by molar-refractivity contribution is 7.99. The molecule has 0 saturated carbocycles. The zero-order chi connectivity index (χ0) is 11.8. The Morgan fingerprint density at radius 2 is 2.00 bits per heavy atom. The maximum atomic E-state index is 5.43. The molecule has 1 aromatic heterocycles. The van der Waals surface area contributed by atoms with Crippen LogP contribution >= 0.6 is 11.8 Å². The highest BCUT2D eigenvalue weighted by atomic mass is 32.2. The Hall–Kier alpha value is -1.36. The smallest absolute Gasteiger partial charge is 0.169 e. The largest absolute Gasteiger partial charge is 0.494 e. The van der Waals surface area contributed by atoms with Crippen LogP contribution in [-0.2, 0) is 6.54 Å². The lowest BCUT2D eigenvalue weighted by molar-refractivity contribution is 0.408. The van der Waals surface area contributed by atoms with Crippen molar-refractivity contribution < 1.29 is 9.47 Å². The van der Waals surface area contributed by atoms with Crippen LogP contribution in [0.4, 0.5) is 0 Å². The Kier molecular flexibility index (Phi) is 2.63. The first kappa shape index (κ1) is 10.8. The fraction of sp³-hybridized carbons (Fsp3) is 0.417. The second-order valence-corrected chi connectivity index (χ2v) is 4.98. The van der Waals surface area contributed by atoms with Gasteiger partial charge in [0.2, 0.25) is 0 Å². The number of benzene rings is 1. The van der Waals surface area contributed by atoms with Crippen LogP contribution in [0, 0.1) is 0 Å². The van der Waals surface area contributed by atoms with E-state index in [0.29, 0.717) is 0 Å². The predicted molar refractivity (Wildman–Crippen MR) is 68.2 cm³/mol. The summed E-state index contributed by atoms with van der Waals surface area (Å²) in [7, 11) is 3.36. The number of rotatable bonds is 2. The predicted octanol–water partition coefficient (Wildman–Crippen LogP) is 2.55. The lowest BCUT2D eigenvalue weighted by Gasteiger charge is -2.14. The number of hydrogen-bond donors (Lipinski definition) is 0. The van der Waals surface area contributed by atoms with E-state index < -0.39 is 0 Å². The Bertz CT molecular complexity index is 565. The van der Waals surface area contributed by atoms with Gasteiger partial charge in [-0.3, -0.25) is 0 Å². The number of ether oxygens (including phenoxy) is 2. The van der Waals surface area contributed by atoms with Crippen LogP contribution in [0.1, 0.15) is 6.42 Å². The minimum atomic E-state index is 0.809. The summed E-state index contributed by atoms with van der Waals surface area (Å²) in [6, 6.07) is 3.85. The second-order valence-electron chi connectivity index (χ2n) is 3.92. The van der Waals surface area contributed by atoms with E-state index in [1.165, 1.54) is 6.42 Å². The molecule has 17 heavy (non-hydrogen) atoms. The summed E-state index contributed by atoms with van der Waals surface area (Å²) in [5.41, 5.74) is 1.95. The van der Waals surface area contributed by atoms with E-state index in [1.54, 1.807) is 26.0 Å². The van der Waals surface area contributed by atoms with Gasteiger partial charge in [-0.15, -0.1) is 0 Å². The molecule has 1 aliphatic heterocycles. The van der Waals surface area contributed by atoms with Gasteiger partial charge < -0.3 is 14.0 Å². The molecule has 0 saturated heterocycles. The van der Waals surface area contributed by atoms with Gasteiger partial charge in [-0.25, -0.2) is 4.98 Å². The summed E-state index contributed by atoms with van der Waals surface area (Å²) < 4.78 is 13.0. The molecule has 2 heterocycles. The van der Waals surface area contributed by atoms with E-state index >= 15 is 0 Å². The molecular weight excluding hydrogens is 236 g/mol. The molecule has 0 aliphatic carbocycles. The van der Waals surface area contributed by atoms with E-state index in [-0.39, 0.29) is 0 Å². The Balaban J connectivity index is 2.34. The number of aromatic nitrogens is 2. The van der Waals surface area contributed by atoms with Crippen molar-refractivity contribution >= 4 is 22.8 Å². The molecule has 3 rings (SSSR count). The van der Waals surface area contributed by atoms with Gasteiger partial charge in [0.1, 0.15) is 22.5 Å². The molecule has 0 fully saturated rings. The first-order chi connectivity index (χ1) is 8.35. The third-order valence-electron chi connectivity index (χ3n) is 2.98. The molecule has 5 heteroatoms. The van der Waals surface area contributed by atoms with Crippen LogP contribution < -0.4 is 9.47 Å². The van der Waals surface area contributed by atoms with Crippen LogP contribution in [0.3, 0.4) is 0 Å². The van der Waals surface area contributed by atoms with E-state index in [0.717, 1.165) is 40.0 Å². The molecule has 1 aromatic carbocycles. The first-order valence-electron chi connectivity index (χ1n) is 5.59. The van der Waals surface area contributed by atoms with Crippen LogP contribution in [0.5, 0.6) is 11.5 Å². The molecular formula is C12H14N2O2S. The van der Waals surface area contributed by atoms with Gasteiger partial charge in [0, 0.05) is 12.3 Å². The average Bonchev–Trinajstić information content (AvgIpc) is 2.77. The summed E-state index contributed by atoms with van der Waals surface area (Å²) in [5, 5.41) is 1.06. The number of methoxy groups -OCH3 is 2. The number of imidazole rings is 1. The fourth-order valence-corrected chi connectivity index (χ4v) is 3.15. The fourth-order valence-electron chi connectivity index (χ4n) is 2.20. The van der Waals surface area contributed by atoms with Crippen molar-refractivity contribution in [2.24, 2.45) is 0 Å². The van der Waals surface area contributed by atoms with E-state index in [9.17, 15) is 0 Å². The monoisotopic (exact) mass is 250 g/mol. The van der Waals surface area contributed by atoms with Crippen molar-refractivity contribution in [3.8, 4) is 11.5 Å². The van der Waals surface area contributed by atoms with E-state index in [2.05, 4.69) is 9.55 Å². The molecule has 0 bridgehead atoms. The van der Waals surface area contributed by atoms with E-state index in [4.69, 9.17) is 9.47 Å². The quantitative estimate of drug-likeness (QED) is 0.820. The normalized spacial score (nSPS) is 14.7. The number of fused-ring (bicyclic) bond motifs is 3. The van der Waals surface area contributed by atoms with E-state index in [1.807, 2.05) is 12.1 Å². The Labute approximate surface area is 104 Å². The SMILES string of the molecule is COc1ccc(OC)c2c1nc1n2CCCS1. The molecule has 2 aromatic rings. The first-order valence-corrected chi connectivity index (χ1v) is 6.57. The zero-order valence-electron chi connectivity index (χ0n) is 9.90. The molecule has 0 atom stereocenters. The van der Waals surface area contributed by atoms with Crippen molar-refractivity contribution in [3.63, 3.8) is 0 Å². The van der Waals surface area contributed by atoms with Crippen LogP contribution in [0.25, 0.3) is 11.0 Å². The van der Waals surface area contributed by atoms with Gasteiger partial charge in [0.05, 0.1) is 14.2 Å². The number of hydrogen-bond acceptors (Lipinski definition) is 4. The molecule has 90 valence electrons. The molecule has 4 nitrogen and oxygen atoms in total. The molecule has 0 spiro atoms. The molecule has 1 aliphatic rings. The minimum absolute atomic E-state index is 0.809. The summed E-state index contributed by atoms with van der Waals surface area (Å²) in [6.45, 7) is 1.00. The molecule has 0 N–H and O–H groups in total. The standard InChI is InChI=1S/C12H14N2O2S/c1-15-8-4-5-9(16-2)11-10(8)13-12-14(11)6-3-7-17-12/h4-5H,3,6-7H2,1-2H3. The van der Waals surface area contributed by atoms with Gasteiger partial charge in [-0.1, -0.05) is 11.8 Å². The Morgan fingerprint density at radius 1 is 1.24 bits per heavy atom. The van der Waals surface area contributed by atoms with Gasteiger partial charge in [0.25, 0.3) is 0 Å². The number of thioether (sulfide) groups is 1. The van der Waals surface area contributed by atoms with Crippen molar-refractivity contribution in [1.82, 2.24) is 9.55 Å².